The molecule has 2 aliphatic heterocycles. The van der Waals surface area contributed by atoms with Crippen LogP contribution in [0.2, 0.25) is 0 Å². The summed E-state index contributed by atoms with van der Waals surface area (Å²) in [5.74, 6) is 0.755. The summed E-state index contributed by atoms with van der Waals surface area (Å²) in [6, 6.07) is 7.52. The van der Waals surface area contributed by atoms with Gasteiger partial charge in [0.2, 0.25) is 11.8 Å². The topological polar surface area (TPSA) is 49.9 Å². The third kappa shape index (κ3) is 3.49. The molecule has 23 heavy (non-hydrogen) atoms. The lowest BCUT2D eigenvalue weighted by molar-refractivity contribution is -0.134. The molecule has 0 N–H and O–H groups in total. The smallest absolute Gasteiger partial charge is 0.228 e. The number of likely N-dealkylation sites (tertiary alicyclic amines) is 1. The zero-order valence-electron chi connectivity index (χ0n) is 13.8. The van der Waals surface area contributed by atoms with Crippen molar-refractivity contribution in [1.82, 2.24) is 4.90 Å². The van der Waals surface area contributed by atoms with Crippen LogP contribution in [0.15, 0.2) is 24.3 Å². The van der Waals surface area contributed by atoms with E-state index in [1.807, 2.05) is 43.0 Å². The Morgan fingerprint density at radius 2 is 1.83 bits per heavy atom. The zero-order valence-corrected chi connectivity index (χ0v) is 13.8. The minimum absolute atomic E-state index is 0.0278. The second-order valence-corrected chi connectivity index (χ2v) is 6.60. The second kappa shape index (κ2) is 6.60. The Hall–Kier alpha value is -2.04. The van der Waals surface area contributed by atoms with Gasteiger partial charge in [0.25, 0.3) is 0 Å². The minimum Gasteiger partial charge on any atom is -0.491 e. The number of rotatable bonds is 4. The van der Waals surface area contributed by atoms with Crippen molar-refractivity contribution < 1.29 is 14.3 Å². The molecule has 0 unspecified atom stereocenters. The second-order valence-electron chi connectivity index (χ2n) is 6.60. The molecule has 0 radical (unpaired) electrons. The fourth-order valence-corrected chi connectivity index (χ4v) is 3.30. The summed E-state index contributed by atoms with van der Waals surface area (Å²) in [5, 5.41) is 0. The normalized spacial score (nSPS) is 21.3. The van der Waals surface area contributed by atoms with Crippen LogP contribution in [-0.4, -0.2) is 42.5 Å². The summed E-state index contributed by atoms with van der Waals surface area (Å²) < 4.78 is 5.62. The van der Waals surface area contributed by atoms with Crippen LogP contribution in [0.3, 0.4) is 0 Å². The number of amides is 2. The van der Waals surface area contributed by atoms with Crippen molar-refractivity contribution in [3.05, 3.63) is 24.3 Å². The Labute approximate surface area is 137 Å². The first-order chi connectivity index (χ1) is 11.0. The van der Waals surface area contributed by atoms with Gasteiger partial charge in [0, 0.05) is 31.7 Å². The maximum Gasteiger partial charge on any atom is 0.228 e. The van der Waals surface area contributed by atoms with Crippen LogP contribution in [0.1, 0.15) is 33.1 Å². The van der Waals surface area contributed by atoms with Crippen molar-refractivity contribution in [1.29, 1.82) is 0 Å². The number of hydrogen-bond donors (Lipinski definition) is 0. The Morgan fingerprint density at radius 1 is 1.17 bits per heavy atom. The monoisotopic (exact) mass is 316 g/mol. The molecule has 1 atom stereocenters. The average Bonchev–Trinajstić information content (AvgIpc) is 3.16. The summed E-state index contributed by atoms with van der Waals surface area (Å²) in [6.07, 6.45) is 2.59. The van der Waals surface area contributed by atoms with Crippen LogP contribution in [0.5, 0.6) is 5.75 Å². The largest absolute Gasteiger partial charge is 0.491 e. The van der Waals surface area contributed by atoms with Gasteiger partial charge in [-0.1, -0.05) is 0 Å². The van der Waals surface area contributed by atoms with E-state index in [2.05, 4.69) is 0 Å². The van der Waals surface area contributed by atoms with E-state index in [4.69, 9.17) is 4.74 Å². The van der Waals surface area contributed by atoms with Crippen LogP contribution in [0.4, 0.5) is 5.69 Å². The summed E-state index contributed by atoms with van der Waals surface area (Å²) in [6.45, 7) is 6.12. The van der Waals surface area contributed by atoms with E-state index in [0.717, 1.165) is 37.4 Å². The van der Waals surface area contributed by atoms with Crippen molar-refractivity contribution in [3.8, 4) is 5.75 Å². The SMILES string of the molecule is CC(C)Oc1ccc(N2C[C@H](C(=O)N3CCCC3)CC2=O)cc1. The maximum atomic E-state index is 12.5. The van der Waals surface area contributed by atoms with E-state index in [9.17, 15) is 9.59 Å². The summed E-state index contributed by atoms with van der Waals surface area (Å²) >= 11 is 0. The molecule has 2 heterocycles. The number of nitrogens with zero attached hydrogens (tertiary/aromatic N) is 2. The molecule has 3 rings (SSSR count). The molecule has 2 saturated heterocycles. The Kier molecular flexibility index (Phi) is 4.55. The quantitative estimate of drug-likeness (QED) is 0.857. The molecule has 5 nitrogen and oxygen atoms in total. The molecule has 0 aromatic heterocycles. The Balaban J connectivity index is 1.66. The van der Waals surface area contributed by atoms with E-state index in [1.54, 1.807) is 4.90 Å². The van der Waals surface area contributed by atoms with Crippen molar-refractivity contribution in [2.24, 2.45) is 5.92 Å². The first kappa shape index (κ1) is 15.8. The molecule has 0 bridgehead atoms. The highest BCUT2D eigenvalue weighted by atomic mass is 16.5. The molecule has 1 aromatic rings. The summed E-state index contributed by atoms with van der Waals surface area (Å²) in [7, 11) is 0. The van der Waals surface area contributed by atoms with Crippen molar-refractivity contribution >= 4 is 17.5 Å². The van der Waals surface area contributed by atoms with Crippen molar-refractivity contribution in [2.75, 3.05) is 24.5 Å². The van der Waals surface area contributed by atoms with E-state index < -0.39 is 0 Å². The average molecular weight is 316 g/mol. The molecule has 0 spiro atoms. The number of hydrogen-bond acceptors (Lipinski definition) is 3. The van der Waals surface area contributed by atoms with Crippen molar-refractivity contribution in [3.63, 3.8) is 0 Å². The standard InChI is InChI=1S/C18H24N2O3/c1-13(2)23-16-7-5-15(6-8-16)20-12-14(11-17(20)21)18(22)19-9-3-4-10-19/h5-8,13-14H,3-4,9-12H2,1-2H3/t14-/m1/s1. The van der Waals surface area contributed by atoms with Gasteiger partial charge in [-0.05, 0) is 51.0 Å². The van der Waals surface area contributed by atoms with Gasteiger partial charge in [-0.15, -0.1) is 0 Å². The molecule has 2 amide bonds. The van der Waals surface area contributed by atoms with Crippen molar-refractivity contribution in [2.45, 2.75) is 39.2 Å². The lowest BCUT2D eigenvalue weighted by Crippen LogP contribution is -2.35. The van der Waals surface area contributed by atoms with E-state index in [-0.39, 0.29) is 23.8 Å². The number of ether oxygens (including phenoxy) is 1. The van der Waals surface area contributed by atoms with Crippen LogP contribution < -0.4 is 9.64 Å². The molecule has 1 aromatic carbocycles. The molecular weight excluding hydrogens is 292 g/mol. The predicted molar refractivity (Wildman–Crippen MR) is 88.5 cm³/mol. The fraction of sp³-hybridized carbons (Fsp3) is 0.556. The molecule has 2 fully saturated rings. The van der Waals surface area contributed by atoms with Crippen LogP contribution >= 0.6 is 0 Å². The first-order valence-corrected chi connectivity index (χ1v) is 8.40. The van der Waals surface area contributed by atoms with Gasteiger partial charge < -0.3 is 14.5 Å². The lowest BCUT2D eigenvalue weighted by atomic mass is 10.1. The van der Waals surface area contributed by atoms with E-state index in [0.29, 0.717) is 13.0 Å². The number of anilines is 1. The van der Waals surface area contributed by atoms with E-state index >= 15 is 0 Å². The predicted octanol–water partition coefficient (Wildman–Crippen LogP) is 2.45. The third-order valence-electron chi connectivity index (χ3n) is 4.41. The molecule has 2 aliphatic rings. The van der Waals surface area contributed by atoms with Gasteiger partial charge in [0.05, 0.1) is 12.0 Å². The van der Waals surface area contributed by atoms with Gasteiger partial charge in [-0.3, -0.25) is 9.59 Å². The van der Waals surface area contributed by atoms with Crippen LogP contribution in [-0.2, 0) is 9.59 Å². The number of carbonyl (C=O) groups excluding carboxylic acids is 2. The lowest BCUT2D eigenvalue weighted by Gasteiger charge is -2.20. The van der Waals surface area contributed by atoms with Gasteiger partial charge in [-0.25, -0.2) is 0 Å². The third-order valence-corrected chi connectivity index (χ3v) is 4.41. The molecule has 124 valence electrons. The maximum absolute atomic E-state index is 12.5. The van der Waals surface area contributed by atoms with E-state index in [1.165, 1.54) is 0 Å². The van der Waals surface area contributed by atoms with Gasteiger partial charge >= 0.3 is 0 Å². The highest BCUT2D eigenvalue weighted by Gasteiger charge is 2.37. The summed E-state index contributed by atoms with van der Waals surface area (Å²) in [4.78, 5) is 28.4. The molecule has 5 heteroatoms. The molecule has 0 aliphatic carbocycles. The fourth-order valence-electron chi connectivity index (χ4n) is 3.30. The zero-order chi connectivity index (χ0) is 16.4. The van der Waals surface area contributed by atoms with Gasteiger partial charge in [0.15, 0.2) is 0 Å². The number of carbonyl (C=O) groups is 2. The van der Waals surface area contributed by atoms with Crippen LogP contribution in [0, 0.1) is 5.92 Å². The molecule has 0 saturated carbocycles. The summed E-state index contributed by atoms with van der Waals surface area (Å²) in [5.41, 5.74) is 0.836. The Morgan fingerprint density at radius 3 is 2.43 bits per heavy atom. The minimum atomic E-state index is -0.202. The highest BCUT2D eigenvalue weighted by Crippen LogP contribution is 2.28. The molecular formula is C18H24N2O3. The van der Waals surface area contributed by atoms with Crippen LogP contribution in [0.25, 0.3) is 0 Å². The van der Waals surface area contributed by atoms with Gasteiger partial charge in [0.1, 0.15) is 5.75 Å². The Bertz CT molecular complexity index is 576. The first-order valence-electron chi connectivity index (χ1n) is 8.40. The highest BCUT2D eigenvalue weighted by molar-refractivity contribution is 6.00. The van der Waals surface area contributed by atoms with Gasteiger partial charge in [-0.2, -0.15) is 0 Å². The number of benzene rings is 1.